The summed E-state index contributed by atoms with van der Waals surface area (Å²) >= 11 is 0. The molecule has 0 aliphatic rings. The highest BCUT2D eigenvalue weighted by Gasteiger charge is 2.11. The van der Waals surface area contributed by atoms with Gasteiger partial charge in [0.25, 0.3) is 0 Å². The van der Waals surface area contributed by atoms with Crippen LogP contribution in [0.2, 0.25) is 0 Å². The minimum absolute atomic E-state index is 0.156. The Bertz CT molecular complexity index is 521. The van der Waals surface area contributed by atoms with Crippen molar-refractivity contribution in [3.8, 4) is 5.69 Å². The first-order valence-corrected chi connectivity index (χ1v) is 5.56. The van der Waals surface area contributed by atoms with Crippen LogP contribution in [0.15, 0.2) is 24.4 Å². The summed E-state index contributed by atoms with van der Waals surface area (Å²) in [5, 5.41) is 7.86. The van der Waals surface area contributed by atoms with E-state index >= 15 is 0 Å². The van der Waals surface area contributed by atoms with Gasteiger partial charge in [0.2, 0.25) is 0 Å². The first-order chi connectivity index (χ1) is 8.11. The Balaban J connectivity index is 2.40. The number of nitrogens with two attached hydrogens (primary N) is 1. The van der Waals surface area contributed by atoms with Gasteiger partial charge in [-0.1, -0.05) is 18.2 Å². The smallest absolute Gasteiger partial charge is 0.148 e. The molecule has 4 nitrogen and oxygen atoms in total. The molecule has 0 saturated heterocycles. The maximum absolute atomic E-state index is 13.6. The molecule has 1 aromatic heterocycles. The summed E-state index contributed by atoms with van der Waals surface area (Å²) in [5.74, 6) is -0.322. The molecule has 0 spiro atoms. The molecule has 1 unspecified atom stereocenters. The highest BCUT2D eigenvalue weighted by atomic mass is 19.1. The minimum atomic E-state index is -0.322. The summed E-state index contributed by atoms with van der Waals surface area (Å²) in [5.41, 5.74) is 7.88. The number of hydrogen-bond acceptors (Lipinski definition) is 3. The molecular formula is C12H15FN4. The second kappa shape index (κ2) is 4.63. The monoisotopic (exact) mass is 234 g/mol. The van der Waals surface area contributed by atoms with Crippen LogP contribution in [0.1, 0.15) is 30.6 Å². The lowest BCUT2D eigenvalue weighted by atomic mass is 10.2. The summed E-state index contributed by atoms with van der Waals surface area (Å²) in [7, 11) is 0. The van der Waals surface area contributed by atoms with Gasteiger partial charge in [-0.15, -0.1) is 5.10 Å². The van der Waals surface area contributed by atoms with Crippen molar-refractivity contribution in [3.63, 3.8) is 0 Å². The lowest BCUT2D eigenvalue weighted by molar-refractivity contribution is 0.606. The lowest BCUT2D eigenvalue weighted by Gasteiger charge is -2.04. The number of hydrogen-bond donors (Lipinski definition) is 1. The molecule has 1 aromatic carbocycles. The fourth-order valence-corrected chi connectivity index (χ4v) is 1.57. The van der Waals surface area contributed by atoms with Gasteiger partial charge in [0.05, 0.1) is 17.9 Å². The molecule has 0 aliphatic heterocycles. The van der Waals surface area contributed by atoms with Gasteiger partial charge in [0, 0.05) is 0 Å². The van der Waals surface area contributed by atoms with Crippen molar-refractivity contribution in [3.05, 3.63) is 41.5 Å². The molecule has 0 saturated carbocycles. The zero-order chi connectivity index (χ0) is 12.4. The third kappa shape index (κ3) is 2.34. The molecule has 2 aromatic rings. The molecule has 0 fully saturated rings. The maximum Gasteiger partial charge on any atom is 0.148 e. The molecule has 0 aliphatic carbocycles. The highest BCUT2D eigenvalue weighted by molar-refractivity contribution is 5.36. The zero-order valence-corrected chi connectivity index (χ0v) is 9.89. The molecule has 2 N–H and O–H groups in total. The Kier molecular flexibility index (Phi) is 3.19. The van der Waals surface area contributed by atoms with E-state index in [0.29, 0.717) is 11.4 Å². The molecule has 2 rings (SSSR count). The van der Waals surface area contributed by atoms with E-state index in [1.807, 2.05) is 13.8 Å². The van der Waals surface area contributed by atoms with Crippen molar-refractivity contribution in [1.29, 1.82) is 0 Å². The SMILES string of the molecule is CCC(N)c1cn(-c2cc(C)ccc2F)nn1. The van der Waals surface area contributed by atoms with Gasteiger partial charge in [0.1, 0.15) is 11.5 Å². The van der Waals surface area contributed by atoms with E-state index in [1.165, 1.54) is 10.7 Å². The molecule has 0 amide bonds. The summed E-state index contributed by atoms with van der Waals surface area (Å²) in [6, 6.07) is 4.71. The first kappa shape index (κ1) is 11.7. The normalized spacial score (nSPS) is 12.7. The van der Waals surface area contributed by atoms with Gasteiger partial charge in [-0.2, -0.15) is 0 Å². The molecule has 90 valence electrons. The number of benzene rings is 1. The molecular weight excluding hydrogens is 219 g/mol. The summed E-state index contributed by atoms with van der Waals surface area (Å²) in [4.78, 5) is 0. The van der Waals surface area contributed by atoms with Crippen LogP contribution in [0.4, 0.5) is 4.39 Å². The largest absolute Gasteiger partial charge is 0.323 e. The van der Waals surface area contributed by atoms with Crippen LogP contribution in [-0.2, 0) is 0 Å². The average Bonchev–Trinajstić information content (AvgIpc) is 2.80. The van der Waals surface area contributed by atoms with Crippen molar-refractivity contribution in [1.82, 2.24) is 15.0 Å². The third-order valence-corrected chi connectivity index (χ3v) is 2.68. The van der Waals surface area contributed by atoms with Crippen molar-refractivity contribution in [2.24, 2.45) is 5.73 Å². The van der Waals surface area contributed by atoms with Gasteiger partial charge in [-0.3, -0.25) is 0 Å². The van der Waals surface area contributed by atoms with Crippen LogP contribution in [0, 0.1) is 12.7 Å². The highest BCUT2D eigenvalue weighted by Crippen LogP contribution is 2.16. The van der Waals surface area contributed by atoms with Gasteiger partial charge in [-0.05, 0) is 31.0 Å². The molecule has 1 atom stereocenters. The summed E-state index contributed by atoms with van der Waals surface area (Å²) < 4.78 is 15.1. The van der Waals surface area contributed by atoms with Crippen LogP contribution < -0.4 is 5.73 Å². The van der Waals surface area contributed by atoms with Crippen molar-refractivity contribution in [2.75, 3.05) is 0 Å². The number of aromatic nitrogens is 3. The number of rotatable bonds is 3. The first-order valence-electron chi connectivity index (χ1n) is 5.56. The van der Waals surface area contributed by atoms with Crippen molar-refractivity contribution < 1.29 is 4.39 Å². The Morgan fingerprint density at radius 3 is 2.94 bits per heavy atom. The third-order valence-electron chi connectivity index (χ3n) is 2.68. The Morgan fingerprint density at radius 2 is 2.24 bits per heavy atom. The van der Waals surface area contributed by atoms with E-state index in [1.54, 1.807) is 18.3 Å². The van der Waals surface area contributed by atoms with Crippen molar-refractivity contribution in [2.45, 2.75) is 26.3 Å². The predicted molar refractivity (Wildman–Crippen MR) is 63.3 cm³/mol. The second-order valence-corrected chi connectivity index (χ2v) is 4.06. The van der Waals surface area contributed by atoms with E-state index in [4.69, 9.17) is 5.73 Å². The van der Waals surface area contributed by atoms with Gasteiger partial charge in [-0.25, -0.2) is 9.07 Å². The van der Waals surface area contributed by atoms with E-state index < -0.39 is 0 Å². The Hall–Kier alpha value is -1.75. The average molecular weight is 234 g/mol. The number of nitrogens with zero attached hydrogens (tertiary/aromatic N) is 3. The maximum atomic E-state index is 13.6. The zero-order valence-electron chi connectivity index (χ0n) is 9.89. The Morgan fingerprint density at radius 1 is 1.47 bits per heavy atom. The van der Waals surface area contributed by atoms with Crippen LogP contribution in [-0.4, -0.2) is 15.0 Å². The molecule has 5 heteroatoms. The van der Waals surface area contributed by atoms with Crippen LogP contribution in [0.5, 0.6) is 0 Å². The van der Waals surface area contributed by atoms with E-state index in [-0.39, 0.29) is 11.9 Å². The summed E-state index contributed by atoms with van der Waals surface area (Å²) in [6.07, 6.45) is 2.45. The topological polar surface area (TPSA) is 56.7 Å². The van der Waals surface area contributed by atoms with Gasteiger partial charge < -0.3 is 5.73 Å². The molecule has 0 bridgehead atoms. The van der Waals surface area contributed by atoms with E-state index in [0.717, 1.165) is 12.0 Å². The fourth-order valence-electron chi connectivity index (χ4n) is 1.57. The van der Waals surface area contributed by atoms with E-state index in [2.05, 4.69) is 10.3 Å². The lowest BCUT2D eigenvalue weighted by Crippen LogP contribution is -2.08. The molecule has 1 heterocycles. The molecule has 17 heavy (non-hydrogen) atoms. The standard InChI is InChI=1S/C12H15FN4/c1-3-10(14)11-7-17(16-15-11)12-6-8(2)4-5-9(12)13/h4-7,10H,3,14H2,1-2H3. The number of halogens is 1. The van der Waals surface area contributed by atoms with Gasteiger partial charge in [0.15, 0.2) is 0 Å². The van der Waals surface area contributed by atoms with Crippen molar-refractivity contribution >= 4 is 0 Å². The second-order valence-electron chi connectivity index (χ2n) is 4.06. The van der Waals surface area contributed by atoms with E-state index in [9.17, 15) is 4.39 Å². The number of aryl methyl sites for hydroxylation is 1. The van der Waals surface area contributed by atoms with Crippen LogP contribution in [0.25, 0.3) is 5.69 Å². The van der Waals surface area contributed by atoms with Crippen LogP contribution >= 0.6 is 0 Å². The quantitative estimate of drug-likeness (QED) is 0.885. The molecule has 0 radical (unpaired) electrons. The Labute approximate surface area is 99.2 Å². The minimum Gasteiger partial charge on any atom is -0.323 e. The van der Waals surface area contributed by atoms with Gasteiger partial charge >= 0.3 is 0 Å². The fraction of sp³-hybridized carbons (Fsp3) is 0.333. The van der Waals surface area contributed by atoms with Crippen LogP contribution in [0.3, 0.4) is 0 Å². The predicted octanol–water partition coefficient (Wildman–Crippen LogP) is 2.12. The summed E-state index contributed by atoms with van der Waals surface area (Å²) in [6.45, 7) is 3.87.